The number of amides is 1. The highest BCUT2D eigenvalue weighted by Crippen LogP contribution is 2.32. The monoisotopic (exact) mass is 470 g/mol. The van der Waals surface area contributed by atoms with Gasteiger partial charge in [0.2, 0.25) is 15.9 Å². The molecule has 0 bridgehead atoms. The number of methoxy groups -OCH3 is 1. The van der Waals surface area contributed by atoms with Gasteiger partial charge in [0.15, 0.2) is 0 Å². The third kappa shape index (κ3) is 5.58. The quantitative estimate of drug-likeness (QED) is 0.595. The van der Waals surface area contributed by atoms with Gasteiger partial charge in [0.1, 0.15) is 5.75 Å². The van der Waals surface area contributed by atoms with Crippen LogP contribution in [0.15, 0.2) is 53.4 Å². The minimum atomic E-state index is -3.40. The first-order chi connectivity index (χ1) is 16.0. The fourth-order valence-electron chi connectivity index (χ4n) is 4.88. The summed E-state index contributed by atoms with van der Waals surface area (Å²) in [4.78, 5) is 15.6. The van der Waals surface area contributed by atoms with Crippen LogP contribution in [0.25, 0.3) is 0 Å². The lowest BCUT2D eigenvalue weighted by molar-refractivity contribution is -0.133. The van der Waals surface area contributed by atoms with Crippen molar-refractivity contribution in [1.82, 2.24) is 9.21 Å². The number of benzene rings is 2. The van der Waals surface area contributed by atoms with Gasteiger partial charge in [-0.15, -0.1) is 0 Å². The highest BCUT2D eigenvalue weighted by molar-refractivity contribution is 7.89. The van der Waals surface area contributed by atoms with Crippen molar-refractivity contribution in [2.24, 2.45) is 0 Å². The Morgan fingerprint density at radius 3 is 2.24 bits per heavy atom. The summed E-state index contributed by atoms with van der Waals surface area (Å²) < 4.78 is 32.3. The zero-order valence-corrected chi connectivity index (χ0v) is 20.2. The second kappa shape index (κ2) is 10.7. The van der Waals surface area contributed by atoms with Gasteiger partial charge in [0.25, 0.3) is 0 Å². The molecule has 2 heterocycles. The molecule has 178 valence electrons. The number of sulfonamides is 1. The lowest BCUT2D eigenvalue weighted by atomic mass is 10.00. The Balaban J connectivity index is 1.41. The van der Waals surface area contributed by atoms with Crippen LogP contribution in [-0.2, 0) is 21.2 Å². The average Bonchev–Trinajstić information content (AvgIpc) is 3.29. The third-order valence-corrected chi connectivity index (χ3v) is 8.74. The van der Waals surface area contributed by atoms with Gasteiger partial charge in [-0.05, 0) is 67.5 Å². The Kier molecular flexibility index (Phi) is 7.71. The zero-order chi connectivity index (χ0) is 23.3. The molecule has 33 heavy (non-hydrogen) atoms. The SMILES string of the molecule is COc1ccc(C2CCCCCN2C(=O)CCc2ccc(S(=O)(=O)N3CCCC3)cc2)cc1. The highest BCUT2D eigenvalue weighted by Gasteiger charge is 2.28. The first-order valence-corrected chi connectivity index (χ1v) is 13.5. The summed E-state index contributed by atoms with van der Waals surface area (Å²) in [7, 11) is -1.74. The molecule has 1 amide bonds. The molecule has 7 heteroatoms. The summed E-state index contributed by atoms with van der Waals surface area (Å²) in [6.07, 6.45) is 7.14. The summed E-state index contributed by atoms with van der Waals surface area (Å²) in [5, 5.41) is 0. The van der Waals surface area contributed by atoms with Crippen molar-refractivity contribution in [2.75, 3.05) is 26.7 Å². The molecule has 0 saturated carbocycles. The Hall–Kier alpha value is -2.38. The van der Waals surface area contributed by atoms with Crippen molar-refractivity contribution in [3.63, 3.8) is 0 Å². The van der Waals surface area contributed by atoms with E-state index in [0.29, 0.717) is 30.8 Å². The number of carbonyl (C=O) groups excluding carboxylic acids is 1. The van der Waals surface area contributed by atoms with Gasteiger partial charge in [-0.2, -0.15) is 4.31 Å². The Morgan fingerprint density at radius 1 is 0.909 bits per heavy atom. The number of hydrogen-bond acceptors (Lipinski definition) is 4. The third-order valence-electron chi connectivity index (χ3n) is 6.83. The topological polar surface area (TPSA) is 66.9 Å². The first kappa shape index (κ1) is 23.8. The summed E-state index contributed by atoms with van der Waals surface area (Å²) in [6.45, 7) is 1.98. The van der Waals surface area contributed by atoms with Crippen LogP contribution in [0.1, 0.15) is 62.1 Å². The van der Waals surface area contributed by atoms with Crippen molar-refractivity contribution >= 4 is 15.9 Å². The van der Waals surface area contributed by atoms with Gasteiger partial charge >= 0.3 is 0 Å². The summed E-state index contributed by atoms with van der Waals surface area (Å²) in [5.74, 6) is 0.979. The van der Waals surface area contributed by atoms with Crippen molar-refractivity contribution < 1.29 is 17.9 Å². The van der Waals surface area contributed by atoms with E-state index in [1.165, 1.54) is 0 Å². The van der Waals surface area contributed by atoms with Crippen molar-refractivity contribution in [3.8, 4) is 5.75 Å². The van der Waals surface area contributed by atoms with Crippen LogP contribution in [0.3, 0.4) is 0 Å². The van der Waals surface area contributed by atoms with Crippen LogP contribution < -0.4 is 4.74 Å². The van der Waals surface area contributed by atoms with E-state index in [1.54, 1.807) is 23.5 Å². The standard InChI is InChI=1S/C26H34N2O4S/c1-32-23-13-11-22(12-14-23)25-7-3-2-4-20-28(25)26(29)17-10-21-8-15-24(16-9-21)33(30,31)27-18-5-6-19-27/h8-9,11-16,25H,2-7,10,17-20H2,1H3. The molecule has 2 fully saturated rings. The molecule has 1 atom stereocenters. The van der Waals surface area contributed by atoms with Gasteiger partial charge in [0.05, 0.1) is 18.0 Å². The number of likely N-dealkylation sites (tertiary alicyclic amines) is 1. The molecule has 2 saturated heterocycles. The maximum atomic E-state index is 13.2. The van der Waals surface area contributed by atoms with E-state index in [9.17, 15) is 13.2 Å². The molecule has 2 aromatic carbocycles. The van der Waals surface area contributed by atoms with Crippen LogP contribution in [0.5, 0.6) is 5.75 Å². The van der Waals surface area contributed by atoms with E-state index in [4.69, 9.17) is 4.74 Å². The molecule has 0 aromatic heterocycles. The van der Waals surface area contributed by atoms with E-state index in [2.05, 4.69) is 12.1 Å². The number of carbonyl (C=O) groups is 1. The van der Waals surface area contributed by atoms with Crippen molar-refractivity contribution in [3.05, 3.63) is 59.7 Å². The lowest BCUT2D eigenvalue weighted by Crippen LogP contribution is -2.35. The van der Waals surface area contributed by atoms with Crippen molar-refractivity contribution in [2.45, 2.75) is 62.3 Å². The van der Waals surface area contributed by atoms with Crippen LogP contribution in [0.2, 0.25) is 0 Å². The minimum absolute atomic E-state index is 0.0962. The van der Waals surface area contributed by atoms with Gasteiger partial charge in [-0.1, -0.05) is 37.1 Å². The number of aryl methyl sites for hydroxylation is 1. The Morgan fingerprint density at radius 2 is 1.58 bits per heavy atom. The smallest absolute Gasteiger partial charge is 0.243 e. The minimum Gasteiger partial charge on any atom is -0.497 e. The molecule has 4 rings (SSSR count). The molecule has 2 aliphatic heterocycles. The number of rotatable bonds is 7. The summed E-state index contributed by atoms with van der Waals surface area (Å²) in [5.41, 5.74) is 2.14. The molecule has 2 aliphatic rings. The number of nitrogens with zero attached hydrogens (tertiary/aromatic N) is 2. The Bertz CT molecular complexity index is 1030. The second-order valence-corrected chi connectivity index (χ2v) is 10.9. The fourth-order valence-corrected chi connectivity index (χ4v) is 6.40. The summed E-state index contributed by atoms with van der Waals surface area (Å²) in [6, 6.07) is 15.2. The largest absolute Gasteiger partial charge is 0.497 e. The maximum absolute atomic E-state index is 13.2. The predicted molar refractivity (Wildman–Crippen MR) is 129 cm³/mol. The first-order valence-electron chi connectivity index (χ1n) is 12.0. The van der Waals surface area contributed by atoms with Gasteiger partial charge in [-0.25, -0.2) is 8.42 Å². The zero-order valence-electron chi connectivity index (χ0n) is 19.4. The van der Waals surface area contributed by atoms with Crippen molar-refractivity contribution in [1.29, 1.82) is 0 Å². The van der Waals surface area contributed by atoms with E-state index in [0.717, 1.165) is 61.9 Å². The van der Waals surface area contributed by atoms with E-state index in [1.807, 2.05) is 29.2 Å². The number of hydrogen-bond donors (Lipinski definition) is 0. The molecule has 2 aromatic rings. The molecule has 0 radical (unpaired) electrons. The van der Waals surface area contributed by atoms with Crippen LogP contribution in [0.4, 0.5) is 0 Å². The molecule has 6 nitrogen and oxygen atoms in total. The second-order valence-electron chi connectivity index (χ2n) is 8.98. The van der Waals surface area contributed by atoms with Crippen LogP contribution in [0, 0.1) is 0 Å². The number of ether oxygens (including phenoxy) is 1. The van der Waals surface area contributed by atoms with Gasteiger partial charge < -0.3 is 9.64 Å². The molecule has 0 spiro atoms. The molecule has 0 N–H and O–H groups in total. The molecule has 1 unspecified atom stereocenters. The maximum Gasteiger partial charge on any atom is 0.243 e. The van der Waals surface area contributed by atoms with Crippen LogP contribution >= 0.6 is 0 Å². The highest BCUT2D eigenvalue weighted by atomic mass is 32.2. The molecular formula is C26H34N2O4S. The molecular weight excluding hydrogens is 436 g/mol. The average molecular weight is 471 g/mol. The van der Waals surface area contributed by atoms with E-state index in [-0.39, 0.29) is 11.9 Å². The van der Waals surface area contributed by atoms with E-state index < -0.39 is 10.0 Å². The Labute approximate surface area is 197 Å². The van der Waals surface area contributed by atoms with Gasteiger partial charge in [-0.3, -0.25) is 4.79 Å². The summed E-state index contributed by atoms with van der Waals surface area (Å²) >= 11 is 0. The fraction of sp³-hybridized carbons (Fsp3) is 0.500. The molecule has 0 aliphatic carbocycles. The van der Waals surface area contributed by atoms with Crippen LogP contribution in [-0.4, -0.2) is 50.3 Å². The predicted octanol–water partition coefficient (Wildman–Crippen LogP) is 4.56. The van der Waals surface area contributed by atoms with E-state index >= 15 is 0 Å². The normalized spacial score (nSPS) is 19.9. The lowest BCUT2D eigenvalue weighted by Gasteiger charge is -2.31. The van der Waals surface area contributed by atoms with Gasteiger partial charge in [0, 0.05) is 26.1 Å².